The van der Waals surface area contributed by atoms with E-state index < -0.39 is 5.97 Å². The second-order valence-electron chi connectivity index (χ2n) is 7.22. The molecule has 0 fully saturated rings. The zero-order valence-corrected chi connectivity index (χ0v) is 17.3. The van der Waals surface area contributed by atoms with Gasteiger partial charge in [-0.25, -0.2) is 4.79 Å². The van der Waals surface area contributed by atoms with Gasteiger partial charge in [0.2, 0.25) is 5.78 Å². The highest BCUT2D eigenvalue weighted by molar-refractivity contribution is 7.14. The van der Waals surface area contributed by atoms with Crippen molar-refractivity contribution in [2.24, 2.45) is 0 Å². The Labute approximate surface area is 164 Å². The van der Waals surface area contributed by atoms with Crippen molar-refractivity contribution in [3.8, 4) is 0 Å². The third-order valence-corrected chi connectivity index (χ3v) is 6.38. The normalized spacial score (nSPS) is 14.7. The van der Waals surface area contributed by atoms with E-state index in [1.54, 1.807) is 7.11 Å². The zero-order chi connectivity index (χ0) is 19.6. The minimum Gasteiger partial charge on any atom is -0.453 e. The fourth-order valence-corrected chi connectivity index (χ4v) is 5.07. The summed E-state index contributed by atoms with van der Waals surface area (Å²) < 4.78 is 12.6. The minimum atomic E-state index is -0.399. The van der Waals surface area contributed by atoms with Crippen LogP contribution in [-0.4, -0.2) is 36.6 Å². The first kappa shape index (κ1) is 19.8. The van der Waals surface area contributed by atoms with Crippen LogP contribution >= 0.6 is 11.3 Å². The minimum absolute atomic E-state index is 0.136. The van der Waals surface area contributed by atoms with Crippen molar-refractivity contribution in [1.82, 2.24) is 4.57 Å². The van der Waals surface area contributed by atoms with Crippen molar-refractivity contribution in [3.63, 3.8) is 0 Å². The van der Waals surface area contributed by atoms with Crippen LogP contribution in [0.2, 0.25) is 0 Å². The largest absolute Gasteiger partial charge is 0.453 e. The summed E-state index contributed by atoms with van der Waals surface area (Å²) >= 11 is 1.51. The first-order chi connectivity index (χ1) is 12.9. The van der Waals surface area contributed by atoms with Gasteiger partial charge in [-0.05, 0) is 64.2 Å². The Morgan fingerprint density at radius 1 is 1.22 bits per heavy atom. The molecule has 27 heavy (non-hydrogen) atoms. The number of nitrogens with zero attached hydrogens (tertiary/aromatic N) is 1. The molecule has 1 unspecified atom stereocenters. The van der Waals surface area contributed by atoms with Gasteiger partial charge < -0.3 is 14.0 Å². The van der Waals surface area contributed by atoms with E-state index in [9.17, 15) is 9.59 Å². The summed E-state index contributed by atoms with van der Waals surface area (Å²) in [6, 6.07) is 3.93. The molecule has 2 aromatic rings. The van der Waals surface area contributed by atoms with Crippen LogP contribution in [-0.2, 0) is 22.3 Å². The van der Waals surface area contributed by atoms with Crippen LogP contribution < -0.4 is 0 Å². The number of fused-ring (bicyclic) bond motifs is 1. The van der Waals surface area contributed by atoms with Crippen molar-refractivity contribution < 1.29 is 19.1 Å². The lowest BCUT2D eigenvalue weighted by Gasteiger charge is -2.17. The van der Waals surface area contributed by atoms with E-state index in [4.69, 9.17) is 9.47 Å². The lowest BCUT2D eigenvalue weighted by Crippen LogP contribution is -2.16. The number of ether oxygens (including phenoxy) is 2. The summed E-state index contributed by atoms with van der Waals surface area (Å²) in [5, 5.41) is 0. The predicted octanol–water partition coefficient (Wildman–Crippen LogP) is 4.29. The Morgan fingerprint density at radius 2 is 1.96 bits per heavy atom. The van der Waals surface area contributed by atoms with E-state index in [2.05, 4.69) is 11.5 Å². The van der Waals surface area contributed by atoms with Crippen molar-refractivity contribution >= 4 is 23.1 Å². The highest BCUT2D eigenvalue weighted by Crippen LogP contribution is 2.30. The molecule has 5 nitrogen and oxygen atoms in total. The number of ketones is 1. The quantitative estimate of drug-likeness (QED) is 0.523. The van der Waals surface area contributed by atoms with Gasteiger partial charge >= 0.3 is 5.97 Å². The second-order valence-corrected chi connectivity index (χ2v) is 8.36. The molecule has 1 aliphatic rings. The molecule has 0 aliphatic heterocycles. The van der Waals surface area contributed by atoms with Crippen molar-refractivity contribution in [2.75, 3.05) is 20.3 Å². The molecular weight excluding hydrogens is 362 g/mol. The van der Waals surface area contributed by atoms with Crippen molar-refractivity contribution in [3.05, 3.63) is 44.4 Å². The molecule has 3 rings (SSSR count). The Balaban J connectivity index is 1.66. The molecule has 0 saturated heterocycles. The highest BCUT2D eigenvalue weighted by Gasteiger charge is 2.22. The van der Waals surface area contributed by atoms with Crippen LogP contribution in [0.3, 0.4) is 0 Å². The van der Waals surface area contributed by atoms with Gasteiger partial charge in [-0.15, -0.1) is 11.3 Å². The molecule has 0 aromatic carbocycles. The molecule has 0 saturated carbocycles. The van der Waals surface area contributed by atoms with Crippen molar-refractivity contribution in [1.29, 1.82) is 0 Å². The SMILES string of the molecule is COCC(C)n1c(C)cc(C(=O)COC(=O)c2cc3c(s2)CCCC3)c1C. The van der Waals surface area contributed by atoms with Gasteiger partial charge in [0.15, 0.2) is 6.61 Å². The van der Waals surface area contributed by atoms with E-state index in [1.165, 1.54) is 34.6 Å². The fraction of sp³-hybridized carbons (Fsp3) is 0.524. The van der Waals surface area contributed by atoms with Crippen molar-refractivity contribution in [2.45, 2.75) is 52.5 Å². The molecule has 146 valence electrons. The first-order valence-corrected chi connectivity index (χ1v) is 10.2. The number of methoxy groups -OCH3 is 1. The maximum atomic E-state index is 12.6. The average molecular weight is 390 g/mol. The second kappa shape index (κ2) is 8.40. The van der Waals surface area contributed by atoms with Gasteiger partial charge in [-0.2, -0.15) is 0 Å². The summed E-state index contributed by atoms with van der Waals surface area (Å²) in [4.78, 5) is 26.9. The maximum absolute atomic E-state index is 12.6. The summed E-state index contributed by atoms with van der Waals surface area (Å²) in [6.07, 6.45) is 4.42. The van der Waals surface area contributed by atoms with Gasteiger partial charge in [0.25, 0.3) is 0 Å². The average Bonchev–Trinajstić information content (AvgIpc) is 3.20. The van der Waals surface area contributed by atoms with Crippen LogP contribution in [0.25, 0.3) is 0 Å². The summed E-state index contributed by atoms with van der Waals surface area (Å²) in [5.41, 5.74) is 3.75. The van der Waals surface area contributed by atoms with Gasteiger partial charge in [-0.1, -0.05) is 0 Å². The van der Waals surface area contributed by atoms with Gasteiger partial charge in [-0.3, -0.25) is 4.79 Å². The number of carbonyl (C=O) groups excluding carboxylic acids is 2. The number of aryl methyl sites for hydroxylation is 3. The summed E-state index contributed by atoms with van der Waals surface area (Å²) in [6.45, 7) is 6.28. The Kier molecular flexibility index (Phi) is 6.17. The number of hydrogen-bond donors (Lipinski definition) is 0. The molecule has 2 aromatic heterocycles. The summed E-state index contributed by atoms with van der Waals surface area (Å²) in [5.74, 6) is -0.571. The van der Waals surface area contributed by atoms with E-state index >= 15 is 0 Å². The van der Waals surface area contributed by atoms with Crippen LogP contribution in [0, 0.1) is 13.8 Å². The Morgan fingerprint density at radius 3 is 2.67 bits per heavy atom. The van der Waals surface area contributed by atoms with Crippen LogP contribution in [0.5, 0.6) is 0 Å². The lowest BCUT2D eigenvalue weighted by molar-refractivity contribution is 0.0479. The predicted molar refractivity (Wildman–Crippen MR) is 106 cm³/mol. The molecule has 0 bridgehead atoms. The molecule has 0 spiro atoms. The standard InChI is InChI=1S/C21H27NO4S/c1-13-9-17(15(3)22(13)14(2)11-25-4)18(23)12-26-21(24)20-10-16-7-5-6-8-19(16)27-20/h9-10,14H,5-8,11-12H2,1-4H3. The van der Waals surface area contributed by atoms with Gasteiger partial charge in [0.05, 0.1) is 12.6 Å². The molecule has 6 heteroatoms. The molecule has 0 amide bonds. The lowest BCUT2D eigenvalue weighted by atomic mass is 9.99. The number of Topliss-reactive ketones (excluding diaryl/α,β-unsaturated/α-hetero) is 1. The zero-order valence-electron chi connectivity index (χ0n) is 16.5. The number of carbonyl (C=O) groups is 2. The van der Waals surface area contributed by atoms with E-state index in [0.717, 1.165) is 24.2 Å². The third kappa shape index (κ3) is 4.17. The fourth-order valence-electron chi connectivity index (χ4n) is 3.92. The monoisotopic (exact) mass is 389 g/mol. The molecule has 0 radical (unpaired) electrons. The number of thiophene rings is 1. The van der Waals surface area contributed by atoms with E-state index in [1.807, 2.05) is 26.0 Å². The molecular formula is C21H27NO4S. The maximum Gasteiger partial charge on any atom is 0.348 e. The van der Waals surface area contributed by atoms with Crippen LogP contribution in [0.15, 0.2) is 12.1 Å². The topological polar surface area (TPSA) is 57.5 Å². The molecule has 1 atom stereocenters. The third-order valence-electron chi connectivity index (χ3n) is 5.17. The van der Waals surface area contributed by atoms with E-state index in [-0.39, 0.29) is 18.4 Å². The smallest absolute Gasteiger partial charge is 0.348 e. The molecule has 2 heterocycles. The Bertz CT molecular complexity index is 825. The number of esters is 1. The molecule has 1 aliphatic carbocycles. The number of rotatable bonds is 7. The van der Waals surface area contributed by atoms with Crippen LogP contribution in [0.4, 0.5) is 0 Å². The van der Waals surface area contributed by atoms with Crippen LogP contribution in [0.1, 0.15) is 67.7 Å². The number of hydrogen-bond acceptors (Lipinski definition) is 5. The Hall–Kier alpha value is -1.92. The highest BCUT2D eigenvalue weighted by atomic mass is 32.1. The number of aromatic nitrogens is 1. The molecule has 0 N–H and O–H groups in total. The van der Waals surface area contributed by atoms with E-state index in [0.29, 0.717) is 17.0 Å². The summed E-state index contributed by atoms with van der Waals surface area (Å²) in [7, 11) is 1.67. The van der Waals surface area contributed by atoms with Gasteiger partial charge in [0, 0.05) is 28.9 Å². The van der Waals surface area contributed by atoms with Gasteiger partial charge in [0.1, 0.15) is 4.88 Å². The first-order valence-electron chi connectivity index (χ1n) is 9.41.